The predicted octanol–water partition coefficient (Wildman–Crippen LogP) is 6.66. The molecule has 3 heteroatoms. The van der Waals surface area contributed by atoms with Gasteiger partial charge < -0.3 is 9.88 Å². The molecular weight excluding hydrogens is 360 g/mol. The Kier molecular flexibility index (Phi) is 6.69. The lowest BCUT2D eigenvalue weighted by molar-refractivity contribution is 0.324. The normalized spacial score (nSPS) is 11.4. The third-order valence-electron chi connectivity index (χ3n) is 5.75. The van der Waals surface area contributed by atoms with Gasteiger partial charge in [-0.05, 0) is 67.9 Å². The number of aromatic nitrogens is 1. The summed E-state index contributed by atoms with van der Waals surface area (Å²) in [6.07, 6.45) is 0. The minimum absolute atomic E-state index is 0.974. The molecule has 0 spiro atoms. The molecule has 0 aliphatic rings. The van der Waals surface area contributed by atoms with Crippen LogP contribution in [0.4, 0.5) is 0 Å². The fourth-order valence-electron chi connectivity index (χ4n) is 4.06. The number of H-pyrrole nitrogens is 1. The number of rotatable bonds is 4. The highest BCUT2D eigenvalue weighted by Gasteiger charge is 2.13. The van der Waals surface area contributed by atoms with Gasteiger partial charge in [0.05, 0.1) is 5.52 Å². The Bertz CT molecular complexity index is 1090. The predicted molar refractivity (Wildman–Crippen MR) is 129 cm³/mol. The van der Waals surface area contributed by atoms with Crippen molar-refractivity contribution in [2.24, 2.45) is 0 Å². The molecule has 0 atom stereocenters. The minimum atomic E-state index is 0.974. The molecule has 4 aromatic rings. The second-order valence-electron chi connectivity index (χ2n) is 7.47. The average Bonchev–Trinajstić information content (AvgIpc) is 3.10. The van der Waals surface area contributed by atoms with Gasteiger partial charge in [-0.2, -0.15) is 12.6 Å². The topological polar surface area (TPSA) is 19.0 Å². The third kappa shape index (κ3) is 3.92. The van der Waals surface area contributed by atoms with Crippen molar-refractivity contribution < 1.29 is 0 Å². The first kappa shape index (κ1) is 20.8. The number of aromatic amines is 1. The van der Waals surface area contributed by atoms with Crippen molar-refractivity contribution >= 4 is 45.2 Å². The van der Waals surface area contributed by atoms with E-state index in [0.717, 1.165) is 25.4 Å². The van der Waals surface area contributed by atoms with E-state index in [2.05, 4.69) is 99.6 Å². The van der Waals surface area contributed by atoms with Crippen LogP contribution in [-0.2, 0) is 0 Å². The van der Waals surface area contributed by atoms with Crippen molar-refractivity contribution in [3.8, 4) is 0 Å². The molecule has 0 unspecified atom stereocenters. The van der Waals surface area contributed by atoms with Crippen LogP contribution in [-0.4, -0.2) is 35.3 Å². The van der Waals surface area contributed by atoms with E-state index in [1.165, 1.54) is 49.3 Å². The number of nitrogens with zero attached hydrogens (tertiary/aromatic N) is 1. The van der Waals surface area contributed by atoms with Crippen LogP contribution in [0, 0.1) is 20.8 Å². The van der Waals surface area contributed by atoms with Crippen LogP contribution in [0.15, 0.2) is 42.5 Å². The lowest BCUT2D eigenvalue weighted by Gasteiger charge is -2.15. The molecular formula is C25H32N2S. The number of fused-ring (bicyclic) bond motifs is 4. The van der Waals surface area contributed by atoms with Gasteiger partial charge in [-0.15, -0.1) is 0 Å². The number of nitrogens with one attached hydrogen (secondary N) is 1. The van der Waals surface area contributed by atoms with Crippen LogP contribution in [0.5, 0.6) is 0 Å². The molecule has 0 saturated heterocycles. The second-order valence-corrected chi connectivity index (χ2v) is 7.92. The molecule has 148 valence electrons. The first-order valence-electron chi connectivity index (χ1n) is 10.2. The molecule has 0 fully saturated rings. The monoisotopic (exact) mass is 392 g/mol. The van der Waals surface area contributed by atoms with Crippen molar-refractivity contribution in [3.63, 3.8) is 0 Å². The van der Waals surface area contributed by atoms with Gasteiger partial charge in [0.1, 0.15) is 0 Å². The summed E-state index contributed by atoms with van der Waals surface area (Å²) in [5, 5.41) is 5.42. The van der Waals surface area contributed by atoms with E-state index < -0.39 is 0 Å². The maximum atomic E-state index is 4.13. The largest absolute Gasteiger partial charge is 0.354 e. The molecule has 0 aliphatic carbocycles. The molecule has 28 heavy (non-hydrogen) atoms. The second kappa shape index (κ2) is 9.02. The van der Waals surface area contributed by atoms with E-state index in [4.69, 9.17) is 0 Å². The van der Waals surface area contributed by atoms with Crippen LogP contribution < -0.4 is 0 Å². The summed E-state index contributed by atoms with van der Waals surface area (Å²) in [4.78, 5) is 5.96. The highest BCUT2D eigenvalue weighted by Crippen LogP contribution is 2.36. The molecule has 0 saturated carbocycles. The SMILES string of the molecule is CCN(CC)CCS.Cc1ccc2[nH]c3c(C)c4ccccc4c(C)c3c2c1. The molecule has 3 aromatic carbocycles. The number of aryl methyl sites for hydroxylation is 3. The van der Waals surface area contributed by atoms with E-state index in [1.54, 1.807) is 0 Å². The summed E-state index contributed by atoms with van der Waals surface area (Å²) < 4.78 is 0. The summed E-state index contributed by atoms with van der Waals surface area (Å²) in [6, 6.07) is 15.3. The van der Waals surface area contributed by atoms with E-state index in [-0.39, 0.29) is 0 Å². The Morgan fingerprint density at radius 3 is 2.07 bits per heavy atom. The highest BCUT2D eigenvalue weighted by molar-refractivity contribution is 7.80. The average molecular weight is 393 g/mol. The number of hydrogen-bond donors (Lipinski definition) is 2. The number of benzene rings is 3. The van der Waals surface area contributed by atoms with Gasteiger partial charge in [-0.3, -0.25) is 0 Å². The fraction of sp³-hybridized carbons (Fsp3) is 0.360. The van der Waals surface area contributed by atoms with Gasteiger partial charge >= 0.3 is 0 Å². The van der Waals surface area contributed by atoms with Crippen LogP contribution in [0.25, 0.3) is 32.6 Å². The lowest BCUT2D eigenvalue weighted by atomic mass is 9.95. The van der Waals surface area contributed by atoms with Crippen LogP contribution in [0.1, 0.15) is 30.5 Å². The Hall–Kier alpha value is -1.97. The highest BCUT2D eigenvalue weighted by atomic mass is 32.1. The van der Waals surface area contributed by atoms with Crippen molar-refractivity contribution in [2.75, 3.05) is 25.4 Å². The molecule has 0 aliphatic heterocycles. The first-order valence-corrected chi connectivity index (χ1v) is 10.9. The maximum absolute atomic E-state index is 4.13. The Labute approximate surface area is 174 Å². The van der Waals surface area contributed by atoms with E-state index in [0.29, 0.717) is 0 Å². The third-order valence-corrected chi connectivity index (χ3v) is 5.95. The van der Waals surface area contributed by atoms with Gasteiger partial charge in [0.2, 0.25) is 0 Å². The van der Waals surface area contributed by atoms with Gasteiger partial charge in [0.15, 0.2) is 0 Å². The summed E-state index contributed by atoms with van der Waals surface area (Å²) in [5.74, 6) is 0.974. The molecule has 1 heterocycles. The van der Waals surface area contributed by atoms with Crippen LogP contribution in [0.2, 0.25) is 0 Å². The molecule has 4 rings (SSSR count). The standard InChI is InChI=1S/C19H17N.C6H15NS/c1-11-8-9-17-16(10-11)18-12(2)14-6-4-5-7-15(14)13(3)19(18)20-17;1-3-7(4-2)5-6-8/h4-10,20H,1-3H3;8H,3-6H2,1-2H3. The van der Waals surface area contributed by atoms with Crippen molar-refractivity contribution in [1.82, 2.24) is 9.88 Å². The summed E-state index contributed by atoms with van der Waals surface area (Å²) in [5.41, 5.74) is 6.53. The maximum Gasteiger partial charge on any atom is 0.0503 e. The molecule has 1 N–H and O–H groups in total. The summed E-state index contributed by atoms with van der Waals surface area (Å²) in [7, 11) is 0. The zero-order valence-corrected chi connectivity index (χ0v) is 18.7. The van der Waals surface area contributed by atoms with Gasteiger partial charge in [0, 0.05) is 28.6 Å². The van der Waals surface area contributed by atoms with Crippen molar-refractivity contribution in [3.05, 3.63) is 59.2 Å². The Balaban J connectivity index is 0.000000242. The fourth-order valence-corrected chi connectivity index (χ4v) is 4.35. The summed E-state index contributed by atoms with van der Waals surface area (Å²) in [6.45, 7) is 14.4. The van der Waals surface area contributed by atoms with Gasteiger partial charge in [-0.1, -0.05) is 49.7 Å². The van der Waals surface area contributed by atoms with Crippen molar-refractivity contribution in [1.29, 1.82) is 0 Å². The quantitative estimate of drug-likeness (QED) is 0.372. The first-order chi connectivity index (χ1) is 13.5. The zero-order chi connectivity index (χ0) is 20.3. The van der Waals surface area contributed by atoms with Gasteiger partial charge in [0.25, 0.3) is 0 Å². The van der Waals surface area contributed by atoms with Crippen LogP contribution >= 0.6 is 12.6 Å². The number of thiol groups is 1. The lowest BCUT2D eigenvalue weighted by Crippen LogP contribution is -2.24. The van der Waals surface area contributed by atoms with Crippen molar-refractivity contribution in [2.45, 2.75) is 34.6 Å². The summed E-state index contributed by atoms with van der Waals surface area (Å²) >= 11 is 4.13. The molecule has 0 amide bonds. The minimum Gasteiger partial charge on any atom is -0.354 e. The van der Waals surface area contributed by atoms with E-state index in [1.807, 2.05) is 0 Å². The number of hydrogen-bond acceptors (Lipinski definition) is 2. The van der Waals surface area contributed by atoms with E-state index in [9.17, 15) is 0 Å². The molecule has 2 nitrogen and oxygen atoms in total. The van der Waals surface area contributed by atoms with E-state index >= 15 is 0 Å². The van der Waals surface area contributed by atoms with Crippen LogP contribution in [0.3, 0.4) is 0 Å². The van der Waals surface area contributed by atoms with Gasteiger partial charge in [-0.25, -0.2) is 0 Å². The molecule has 0 radical (unpaired) electrons. The molecule has 1 aromatic heterocycles. The molecule has 0 bridgehead atoms. The Morgan fingerprint density at radius 2 is 1.50 bits per heavy atom. The zero-order valence-electron chi connectivity index (χ0n) is 17.8. The Morgan fingerprint density at radius 1 is 0.857 bits per heavy atom. The smallest absolute Gasteiger partial charge is 0.0503 e.